The summed E-state index contributed by atoms with van der Waals surface area (Å²) >= 11 is 0. The Labute approximate surface area is 95.0 Å². The van der Waals surface area contributed by atoms with Crippen molar-refractivity contribution in [2.24, 2.45) is 11.8 Å². The van der Waals surface area contributed by atoms with Crippen LogP contribution in [-0.4, -0.2) is 30.7 Å². The Kier molecular flexibility index (Phi) is 4.67. The van der Waals surface area contributed by atoms with Crippen LogP contribution >= 0.6 is 0 Å². The summed E-state index contributed by atoms with van der Waals surface area (Å²) in [5.74, 6) is 6.86. The molecule has 0 aromatic rings. The SMILES string of the molecule is CC(C)C#CC1CCN(CC(F)(F)F)CC1. The van der Waals surface area contributed by atoms with Crippen LogP contribution in [-0.2, 0) is 0 Å². The number of hydrogen-bond donors (Lipinski definition) is 0. The third-order valence-electron chi connectivity index (χ3n) is 2.57. The van der Waals surface area contributed by atoms with Crippen LogP contribution in [0.5, 0.6) is 0 Å². The molecule has 1 nitrogen and oxygen atoms in total. The fourth-order valence-corrected chi connectivity index (χ4v) is 1.77. The average molecular weight is 233 g/mol. The highest BCUT2D eigenvalue weighted by molar-refractivity contribution is 5.06. The molecule has 1 saturated heterocycles. The van der Waals surface area contributed by atoms with Gasteiger partial charge in [0.15, 0.2) is 0 Å². The summed E-state index contributed by atoms with van der Waals surface area (Å²) in [4.78, 5) is 1.47. The van der Waals surface area contributed by atoms with Crippen LogP contribution in [0.1, 0.15) is 26.7 Å². The van der Waals surface area contributed by atoms with E-state index in [2.05, 4.69) is 11.8 Å². The number of alkyl halides is 3. The minimum absolute atomic E-state index is 0.284. The maximum atomic E-state index is 12.1. The van der Waals surface area contributed by atoms with Gasteiger partial charge in [0.1, 0.15) is 0 Å². The minimum atomic E-state index is -4.07. The lowest BCUT2D eigenvalue weighted by Gasteiger charge is -2.30. The van der Waals surface area contributed by atoms with Crippen LogP contribution in [0.25, 0.3) is 0 Å². The molecule has 1 heterocycles. The molecule has 1 aliphatic rings. The molecule has 1 rings (SSSR count). The van der Waals surface area contributed by atoms with Crippen molar-refractivity contribution in [2.45, 2.75) is 32.9 Å². The molecular formula is C12H18F3N. The van der Waals surface area contributed by atoms with Gasteiger partial charge in [-0.05, 0) is 25.9 Å². The summed E-state index contributed by atoms with van der Waals surface area (Å²) < 4.78 is 36.4. The number of piperidine rings is 1. The van der Waals surface area contributed by atoms with Gasteiger partial charge in [-0.15, -0.1) is 5.92 Å². The van der Waals surface area contributed by atoms with E-state index in [0.29, 0.717) is 19.0 Å². The Hall–Kier alpha value is -0.690. The second-order valence-corrected chi connectivity index (χ2v) is 4.61. The Bertz CT molecular complexity index is 264. The van der Waals surface area contributed by atoms with Crippen molar-refractivity contribution >= 4 is 0 Å². The van der Waals surface area contributed by atoms with Gasteiger partial charge in [0.05, 0.1) is 6.54 Å². The fraction of sp³-hybridized carbons (Fsp3) is 0.833. The zero-order chi connectivity index (χ0) is 12.2. The molecule has 0 N–H and O–H groups in total. The molecule has 0 aliphatic carbocycles. The first-order valence-corrected chi connectivity index (χ1v) is 5.67. The van der Waals surface area contributed by atoms with E-state index in [1.807, 2.05) is 13.8 Å². The quantitative estimate of drug-likeness (QED) is 0.629. The number of likely N-dealkylation sites (tertiary alicyclic amines) is 1. The van der Waals surface area contributed by atoms with Crippen molar-refractivity contribution in [1.82, 2.24) is 4.90 Å². The van der Waals surface area contributed by atoms with Crippen molar-refractivity contribution < 1.29 is 13.2 Å². The van der Waals surface area contributed by atoms with Crippen LogP contribution in [0.4, 0.5) is 13.2 Å². The summed E-state index contributed by atoms with van der Waals surface area (Å²) in [7, 11) is 0. The molecule has 4 heteroatoms. The predicted molar refractivity (Wildman–Crippen MR) is 57.8 cm³/mol. The summed E-state index contributed by atoms with van der Waals surface area (Å²) in [6.07, 6.45) is -2.55. The van der Waals surface area contributed by atoms with Gasteiger partial charge in [0.2, 0.25) is 0 Å². The fourth-order valence-electron chi connectivity index (χ4n) is 1.77. The molecule has 0 bridgehead atoms. The summed E-state index contributed by atoms with van der Waals surface area (Å²) in [6.45, 7) is 4.28. The van der Waals surface area contributed by atoms with E-state index in [1.54, 1.807) is 0 Å². The smallest absolute Gasteiger partial charge is 0.295 e. The molecule has 0 aromatic heterocycles. The number of halogens is 3. The maximum absolute atomic E-state index is 12.1. The molecule has 0 amide bonds. The molecule has 1 aliphatic heterocycles. The highest BCUT2D eigenvalue weighted by atomic mass is 19.4. The van der Waals surface area contributed by atoms with Crippen LogP contribution in [0, 0.1) is 23.7 Å². The monoisotopic (exact) mass is 233 g/mol. The van der Waals surface area contributed by atoms with Gasteiger partial charge in [0.25, 0.3) is 0 Å². The molecule has 0 aromatic carbocycles. The van der Waals surface area contributed by atoms with Crippen molar-refractivity contribution in [3.63, 3.8) is 0 Å². The third-order valence-corrected chi connectivity index (χ3v) is 2.57. The first-order chi connectivity index (χ1) is 7.37. The second-order valence-electron chi connectivity index (χ2n) is 4.61. The normalized spacial score (nSPS) is 19.6. The first-order valence-electron chi connectivity index (χ1n) is 5.67. The third kappa shape index (κ3) is 5.41. The maximum Gasteiger partial charge on any atom is 0.401 e. The predicted octanol–water partition coefficient (Wildman–Crippen LogP) is 2.92. The second kappa shape index (κ2) is 5.58. The van der Waals surface area contributed by atoms with E-state index in [9.17, 15) is 13.2 Å². The molecule has 92 valence electrons. The molecule has 0 saturated carbocycles. The van der Waals surface area contributed by atoms with Crippen LogP contribution < -0.4 is 0 Å². The Balaban J connectivity index is 2.32. The van der Waals surface area contributed by atoms with Crippen molar-refractivity contribution in [3.05, 3.63) is 0 Å². The average Bonchev–Trinajstić information content (AvgIpc) is 2.14. The lowest BCUT2D eigenvalue weighted by Crippen LogP contribution is -2.39. The van der Waals surface area contributed by atoms with E-state index in [0.717, 1.165) is 12.8 Å². The van der Waals surface area contributed by atoms with E-state index in [-0.39, 0.29) is 5.92 Å². The molecule has 0 atom stereocenters. The number of rotatable bonds is 1. The summed E-state index contributed by atoms with van der Waals surface area (Å²) in [5.41, 5.74) is 0. The number of hydrogen-bond acceptors (Lipinski definition) is 1. The lowest BCUT2D eigenvalue weighted by atomic mass is 9.97. The molecule has 0 radical (unpaired) electrons. The van der Waals surface area contributed by atoms with Gasteiger partial charge >= 0.3 is 6.18 Å². The van der Waals surface area contributed by atoms with E-state index >= 15 is 0 Å². The molecule has 1 fully saturated rings. The lowest BCUT2D eigenvalue weighted by molar-refractivity contribution is -0.148. The van der Waals surface area contributed by atoms with E-state index in [4.69, 9.17) is 0 Å². The largest absolute Gasteiger partial charge is 0.401 e. The van der Waals surface area contributed by atoms with E-state index < -0.39 is 12.7 Å². The number of nitrogens with zero attached hydrogens (tertiary/aromatic N) is 1. The van der Waals surface area contributed by atoms with Crippen LogP contribution in [0.3, 0.4) is 0 Å². The first kappa shape index (κ1) is 13.4. The highest BCUT2D eigenvalue weighted by Crippen LogP contribution is 2.22. The van der Waals surface area contributed by atoms with Gasteiger partial charge in [-0.25, -0.2) is 0 Å². The highest BCUT2D eigenvalue weighted by Gasteiger charge is 2.32. The molecular weight excluding hydrogens is 215 g/mol. The molecule has 0 unspecified atom stereocenters. The van der Waals surface area contributed by atoms with Crippen molar-refractivity contribution in [1.29, 1.82) is 0 Å². The zero-order valence-electron chi connectivity index (χ0n) is 9.77. The van der Waals surface area contributed by atoms with Gasteiger partial charge in [-0.3, -0.25) is 4.90 Å². The topological polar surface area (TPSA) is 3.24 Å². The van der Waals surface area contributed by atoms with Crippen LogP contribution in [0.2, 0.25) is 0 Å². The zero-order valence-corrected chi connectivity index (χ0v) is 9.77. The van der Waals surface area contributed by atoms with Gasteiger partial charge in [-0.1, -0.05) is 19.8 Å². The van der Waals surface area contributed by atoms with Crippen LogP contribution in [0.15, 0.2) is 0 Å². The Morgan fingerprint density at radius 1 is 1.25 bits per heavy atom. The Morgan fingerprint density at radius 2 is 1.81 bits per heavy atom. The minimum Gasteiger partial charge on any atom is -0.295 e. The standard InChI is InChI=1S/C12H18F3N/c1-10(2)3-4-11-5-7-16(8-6-11)9-12(13,14)15/h10-11H,5-9H2,1-2H3. The Morgan fingerprint density at radius 3 is 2.25 bits per heavy atom. The van der Waals surface area contributed by atoms with Crippen molar-refractivity contribution in [3.8, 4) is 11.8 Å². The van der Waals surface area contributed by atoms with E-state index in [1.165, 1.54) is 4.90 Å². The van der Waals surface area contributed by atoms with Gasteiger partial charge in [0, 0.05) is 11.8 Å². The molecule has 16 heavy (non-hydrogen) atoms. The summed E-state index contributed by atoms with van der Waals surface area (Å²) in [6, 6.07) is 0. The van der Waals surface area contributed by atoms with Gasteiger partial charge in [-0.2, -0.15) is 13.2 Å². The van der Waals surface area contributed by atoms with Gasteiger partial charge < -0.3 is 0 Å². The summed E-state index contributed by atoms with van der Waals surface area (Å²) in [5, 5.41) is 0. The molecule has 0 spiro atoms. The van der Waals surface area contributed by atoms with Crippen molar-refractivity contribution in [2.75, 3.05) is 19.6 Å².